The second-order valence-corrected chi connectivity index (χ2v) is 8.46. The molecule has 0 spiro atoms. The summed E-state index contributed by atoms with van der Waals surface area (Å²) in [6.07, 6.45) is 6.93. The van der Waals surface area contributed by atoms with Crippen LogP contribution in [0.3, 0.4) is 0 Å². The topological polar surface area (TPSA) is 66.0 Å². The van der Waals surface area contributed by atoms with Crippen molar-refractivity contribution in [2.75, 3.05) is 13.1 Å². The molecule has 0 bridgehead atoms. The van der Waals surface area contributed by atoms with Crippen molar-refractivity contribution in [3.05, 3.63) is 65.6 Å². The predicted octanol–water partition coefficient (Wildman–Crippen LogP) is 4.96. The van der Waals surface area contributed by atoms with Gasteiger partial charge in [0, 0.05) is 54.0 Å². The number of aromatic nitrogens is 3. The van der Waals surface area contributed by atoms with Crippen LogP contribution in [0.4, 0.5) is 4.79 Å². The molecule has 2 N–H and O–H groups in total. The molecule has 3 aromatic heterocycles. The summed E-state index contributed by atoms with van der Waals surface area (Å²) in [4.78, 5) is 22.5. The maximum absolute atomic E-state index is 12.9. The highest BCUT2D eigenvalue weighted by Gasteiger charge is 2.31. The van der Waals surface area contributed by atoms with Gasteiger partial charge in [-0.05, 0) is 36.1 Å². The maximum atomic E-state index is 12.9. The van der Waals surface area contributed by atoms with Crippen molar-refractivity contribution in [1.29, 1.82) is 0 Å². The van der Waals surface area contributed by atoms with E-state index < -0.39 is 0 Å². The van der Waals surface area contributed by atoms with E-state index in [0.717, 1.165) is 34.9 Å². The molecule has 6 nitrogen and oxygen atoms in total. The Morgan fingerprint density at radius 1 is 1.30 bits per heavy atom. The van der Waals surface area contributed by atoms with Crippen molar-refractivity contribution in [2.24, 2.45) is 5.92 Å². The van der Waals surface area contributed by atoms with Gasteiger partial charge in [-0.1, -0.05) is 36.7 Å². The highest BCUT2D eigenvalue weighted by Crippen LogP contribution is 2.33. The molecule has 4 heterocycles. The number of carbonyl (C=O) groups is 1. The molecule has 2 amide bonds. The zero-order valence-electron chi connectivity index (χ0n) is 16.8. The minimum absolute atomic E-state index is 0.0447. The molecular weight excluding hydrogens is 398 g/mol. The third kappa shape index (κ3) is 3.31. The van der Waals surface area contributed by atoms with E-state index in [4.69, 9.17) is 11.6 Å². The Kier molecular flexibility index (Phi) is 4.87. The summed E-state index contributed by atoms with van der Waals surface area (Å²) >= 11 is 6.22. The summed E-state index contributed by atoms with van der Waals surface area (Å²) in [5, 5.41) is 5.94. The molecule has 2 atom stereocenters. The average molecular weight is 422 g/mol. The molecule has 7 heteroatoms. The molecule has 5 rings (SSSR count). The fraction of sp³-hybridized carbons (Fsp3) is 0.304. The number of hydrogen-bond acceptors (Lipinski definition) is 2. The summed E-state index contributed by atoms with van der Waals surface area (Å²) < 4.78 is 2.32. The van der Waals surface area contributed by atoms with Gasteiger partial charge in [0.05, 0.1) is 11.6 Å². The SMILES string of the molecule is C[C@@H]1CCN(C(=O)NCc2ccccc2Cl)C[C@@H]1n1ccc2cnc3[nH]ccc3c21. The first-order valence-corrected chi connectivity index (χ1v) is 10.7. The molecule has 0 radical (unpaired) electrons. The van der Waals surface area contributed by atoms with E-state index in [0.29, 0.717) is 24.0 Å². The lowest BCUT2D eigenvalue weighted by atomic mass is 9.93. The Morgan fingerprint density at radius 3 is 3.03 bits per heavy atom. The number of aromatic amines is 1. The number of likely N-dealkylation sites (tertiary alicyclic amines) is 1. The van der Waals surface area contributed by atoms with Crippen LogP contribution in [0.25, 0.3) is 21.9 Å². The van der Waals surface area contributed by atoms with Gasteiger partial charge in [0.25, 0.3) is 0 Å². The molecule has 0 aliphatic carbocycles. The number of urea groups is 1. The molecule has 1 fully saturated rings. The van der Waals surface area contributed by atoms with Crippen LogP contribution < -0.4 is 5.32 Å². The first kappa shape index (κ1) is 19.0. The fourth-order valence-corrected chi connectivity index (χ4v) is 4.65. The van der Waals surface area contributed by atoms with E-state index in [2.05, 4.69) is 45.1 Å². The summed E-state index contributed by atoms with van der Waals surface area (Å²) in [5.41, 5.74) is 2.99. The number of carbonyl (C=O) groups excluding carboxylic acids is 1. The highest BCUT2D eigenvalue weighted by atomic mass is 35.5. The molecular formula is C23H24ClN5O. The summed E-state index contributed by atoms with van der Waals surface area (Å²) in [6, 6.07) is 11.9. The number of fused-ring (bicyclic) bond motifs is 3. The summed E-state index contributed by atoms with van der Waals surface area (Å²) in [6.45, 7) is 4.13. The lowest BCUT2D eigenvalue weighted by molar-refractivity contribution is 0.141. The molecule has 1 aromatic carbocycles. The number of nitrogens with zero attached hydrogens (tertiary/aromatic N) is 3. The summed E-state index contributed by atoms with van der Waals surface area (Å²) in [7, 11) is 0. The van der Waals surface area contributed by atoms with Crippen LogP contribution in [-0.2, 0) is 6.54 Å². The van der Waals surface area contributed by atoms with Crippen LogP contribution >= 0.6 is 11.6 Å². The number of H-pyrrole nitrogens is 1. The number of nitrogens with one attached hydrogen (secondary N) is 2. The van der Waals surface area contributed by atoms with Gasteiger partial charge in [-0.3, -0.25) is 0 Å². The molecule has 4 aromatic rings. The van der Waals surface area contributed by atoms with E-state index >= 15 is 0 Å². The van der Waals surface area contributed by atoms with Gasteiger partial charge in [0.1, 0.15) is 5.65 Å². The molecule has 1 aliphatic rings. The largest absolute Gasteiger partial charge is 0.346 e. The number of halogens is 1. The van der Waals surface area contributed by atoms with Crippen LogP contribution in [0, 0.1) is 5.92 Å². The smallest absolute Gasteiger partial charge is 0.317 e. The van der Waals surface area contributed by atoms with Gasteiger partial charge in [0.15, 0.2) is 0 Å². The van der Waals surface area contributed by atoms with Gasteiger partial charge in [-0.2, -0.15) is 0 Å². The molecule has 1 aliphatic heterocycles. The van der Waals surface area contributed by atoms with E-state index in [1.165, 1.54) is 5.52 Å². The minimum atomic E-state index is -0.0447. The Bertz CT molecular complexity index is 1210. The number of hydrogen-bond donors (Lipinski definition) is 2. The van der Waals surface area contributed by atoms with Crippen molar-refractivity contribution < 1.29 is 4.79 Å². The monoisotopic (exact) mass is 421 g/mol. The van der Waals surface area contributed by atoms with E-state index in [-0.39, 0.29) is 12.1 Å². The molecule has 1 saturated heterocycles. The van der Waals surface area contributed by atoms with Crippen LogP contribution in [0.5, 0.6) is 0 Å². The molecule has 0 saturated carbocycles. The molecule has 0 unspecified atom stereocenters. The highest BCUT2D eigenvalue weighted by molar-refractivity contribution is 6.31. The Hall–Kier alpha value is -2.99. The van der Waals surface area contributed by atoms with Crippen molar-refractivity contribution in [1.82, 2.24) is 24.8 Å². The Labute approximate surface area is 179 Å². The molecule has 30 heavy (non-hydrogen) atoms. The second kappa shape index (κ2) is 7.69. The number of rotatable bonds is 3. The normalized spacial score (nSPS) is 19.5. The van der Waals surface area contributed by atoms with Crippen LogP contribution in [0.1, 0.15) is 24.9 Å². The third-order valence-electron chi connectivity index (χ3n) is 6.21. The van der Waals surface area contributed by atoms with Crippen molar-refractivity contribution >= 4 is 39.6 Å². The first-order valence-electron chi connectivity index (χ1n) is 10.3. The third-order valence-corrected chi connectivity index (χ3v) is 6.58. The van der Waals surface area contributed by atoms with Gasteiger partial charge in [-0.25, -0.2) is 9.78 Å². The Morgan fingerprint density at radius 2 is 2.17 bits per heavy atom. The van der Waals surface area contributed by atoms with Gasteiger partial charge < -0.3 is 19.8 Å². The lowest BCUT2D eigenvalue weighted by Gasteiger charge is -2.38. The van der Waals surface area contributed by atoms with Crippen LogP contribution in [-0.4, -0.2) is 38.6 Å². The van der Waals surface area contributed by atoms with Gasteiger partial charge in [-0.15, -0.1) is 0 Å². The van der Waals surface area contributed by atoms with Gasteiger partial charge >= 0.3 is 6.03 Å². The Balaban J connectivity index is 1.38. The average Bonchev–Trinajstić information content (AvgIpc) is 3.39. The number of pyridine rings is 1. The fourth-order valence-electron chi connectivity index (χ4n) is 4.45. The van der Waals surface area contributed by atoms with E-state index in [1.807, 2.05) is 41.6 Å². The van der Waals surface area contributed by atoms with E-state index in [9.17, 15) is 4.79 Å². The number of piperidine rings is 1. The summed E-state index contributed by atoms with van der Waals surface area (Å²) in [5.74, 6) is 0.468. The number of amides is 2. The van der Waals surface area contributed by atoms with Crippen LogP contribution in [0.15, 0.2) is 55.0 Å². The van der Waals surface area contributed by atoms with E-state index in [1.54, 1.807) is 0 Å². The van der Waals surface area contributed by atoms with Crippen molar-refractivity contribution in [3.63, 3.8) is 0 Å². The maximum Gasteiger partial charge on any atom is 0.317 e. The number of benzene rings is 1. The predicted molar refractivity (Wildman–Crippen MR) is 120 cm³/mol. The second-order valence-electron chi connectivity index (χ2n) is 8.05. The minimum Gasteiger partial charge on any atom is -0.346 e. The van der Waals surface area contributed by atoms with Gasteiger partial charge in [0.2, 0.25) is 0 Å². The molecule has 154 valence electrons. The quantitative estimate of drug-likeness (QED) is 0.490. The first-order chi connectivity index (χ1) is 14.6. The standard InChI is InChI=1S/C23H24ClN5O/c1-15-7-10-28(23(30)27-12-16-4-2-3-5-19(16)24)14-20(15)29-11-8-17-13-26-22-18(21(17)29)6-9-25-22/h2-6,8-9,11,13,15,20H,7,10,12,14H2,1H3,(H,25,26)(H,27,30)/t15-,20+/m1/s1. The van der Waals surface area contributed by atoms with Crippen molar-refractivity contribution in [2.45, 2.75) is 25.9 Å². The zero-order valence-corrected chi connectivity index (χ0v) is 17.6. The van der Waals surface area contributed by atoms with Crippen LogP contribution in [0.2, 0.25) is 5.02 Å². The lowest BCUT2D eigenvalue weighted by Crippen LogP contribution is -2.47. The zero-order chi connectivity index (χ0) is 20.7. The van der Waals surface area contributed by atoms with Crippen molar-refractivity contribution in [3.8, 4) is 0 Å².